The van der Waals surface area contributed by atoms with Gasteiger partial charge in [0.2, 0.25) is 0 Å². The Bertz CT molecular complexity index is 1060. The Labute approximate surface area is 204 Å². The van der Waals surface area contributed by atoms with Crippen LogP contribution in [0.1, 0.15) is 48.9 Å². The molecule has 1 fully saturated rings. The van der Waals surface area contributed by atoms with Crippen molar-refractivity contribution in [3.05, 3.63) is 69.2 Å². The van der Waals surface area contributed by atoms with E-state index in [1.165, 1.54) is 5.56 Å². The number of hydrogen-bond donors (Lipinski definition) is 1. The minimum absolute atomic E-state index is 0.110. The first-order valence-electron chi connectivity index (χ1n) is 11.0. The molecule has 176 valence electrons. The van der Waals surface area contributed by atoms with Crippen molar-refractivity contribution in [2.45, 2.75) is 32.2 Å². The van der Waals surface area contributed by atoms with Crippen LogP contribution < -0.4 is 4.74 Å². The number of aliphatic hydroxyl groups excluding tert-OH is 1. The van der Waals surface area contributed by atoms with Gasteiger partial charge >= 0.3 is 0 Å². The molecule has 1 saturated heterocycles. The summed E-state index contributed by atoms with van der Waals surface area (Å²) in [6.45, 7) is 5.43. The van der Waals surface area contributed by atoms with E-state index in [2.05, 4.69) is 29.8 Å². The van der Waals surface area contributed by atoms with E-state index < -0.39 is 17.7 Å². The molecule has 2 aromatic rings. The van der Waals surface area contributed by atoms with Crippen LogP contribution in [0.15, 0.2) is 52.5 Å². The number of benzene rings is 2. The van der Waals surface area contributed by atoms with Crippen molar-refractivity contribution in [2.75, 3.05) is 34.3 Å². The molecule has 0 spiro atoms. The lowest BCUT2D eigenvalue weighted by Gasteiger charge is -2.26. The summed E-state index contributed by atoms with van der Waals surface area (Å²) in [6.07, 6.45) is 0.717. The standard InChI is InChI=1S/C26H31BrN2O4/c1-16(2)17-7-9-18(10-8-17)23-22(24(30)19-11-12-21(33-5)20(27)15-19)25(31)26(32)29(23)14-6-13-28(3)4/h7-12,15-16,23,30H,6,13-14H2,1-5H3/b24-22-. The molecule has 0 aliphatic carbocycles. The maximum Gasteiger partial charge on any atom is 0.295 e. The van der Waals surface area contributed by atoms with E-state index in [1.807, 2.05) is 43.3 Å². The summed E-state index contributed by atoms with van der Waals surface area (Å²) in [5.74, 6) is -0.466. The second-order valence-electron chi connectivity index (χ2n) is 8.82. The fourth-order valence-electron chi connectivity index (χ4n) is 4.05. The molecule has 3 rings (SSSR count). The maximum absolute atomic E-state index is 13.1. The highest BCUT2D eigenvalue weighted by molar-refractivity contribution is 9.10. The fraction of sp³-hybridized carbons (Fsp3) is 0.385. The third kappa shape index (κ3) is 5.31. The molecule has 33 heavy (non-hydrogen) atoms. The van der Waals surface area contributed by atoms with Crippen molar-refractivity contribution < 1.29 is 19.4 Å². The third-order valence-corrected chi connectivity index (χ3v) is 6.51. The molecule has 0 bridgehead atoms. The number of Topliss-reactive ketones (excluding diaryl/α,β-unsaturated/α-hetero) is 1. The van der Waals surface area contributed by atoms with Gasteiger partial charge in [-0.05, 0) is 78.2 Å². The fourth-order valence-corrected chi connectivity index (χ4v) is 4.59. The number of ketones is 1. The molecular weight excluding hydrogens is 484 g/mol. The number of methoxy groups -OCH3 is 1. The minimum Gasteiger partial charge on any atom is -0.507 e. The Morgan fingerprint density at radius 3 is 2.36 bits per heavy atom. The minimum atomic E-state index is -0.665. The Kier molecular flexibility index (Phi) is 7.97. The van der Waals surface area contributed by atoms with Crippen molar-refractivity contribution in [2.24, 2.45) is 0 Å². The van der Waals surface area contributed by atoms with Gasteiger partial charge < -0.3 is 19.6 Å². The van der Waals surface area contributed by atoms with Gasteiger partial charge in [0.15, 0.2) is 0 Å². The molecule has 1 aliphatic rings. The number of hydrogen-bond acceptors (Lipinski definition) is 5. The maximum atomic E-state index is 13.1. The van der Waals surface area contributed by atoms with Gasteiger partial charge in [0.05, 0.1) is 23.2 Å². The smallest absolute Gasteiger partial charge is 0.295 e. The van der Waals surface area contributed by atoms with E-state index >= 15 is 0 Å². The molecule has 1 heterocycles. The zero-order valence-corrected chi connectivity index (χ0v) is 21.3. The number of nitrogens with zero attached hydrogens (tertiary/aromatic N) is 2. The van der Waals surface area contributed by atoms with E-state index in [1.54, 1.807) is 30.2 Å². The summed E-state index contributed by atoms with van der Waals surface area (Å²) in [7, 11) is 5.50. The molecule has 0 saturated carbocycles. The number of rotatable bonds is 8. The molecule has 1 atom stereocenters. The van der Waals surface area contributed by atoms with Gasteiger partial charge in [-0.25, -0.2) is 0 Å². The first-order chi connectivity index (χ1) is 15.6. The van der Waals surface area contributed by atoms with E-state index in [0.29, 0.717) is 34.7 Å². The van der Waals surface area contributed by atoms with Crippen molar-refractivity contribution in [3.8, 4) is 5.75 Å². The van der Waals surface area contributed by atoms with Gasteiger partial charge in [0.25, 0.3) is 11.7 Å². The number of carbonyl (C=O) groups is 2. The summed E-state index contributed by atoms with van der Waals surface area (Å²) < 4.78 is 5.91. The van der Waals surface area contributed by atoms with Crippen LogP contribution >= 0.6 is 15.9 Å². The number of carbonyl (C=O) groups excluding carboxylic acids is 2. The largest absolute Gasteiger partial charge is 0.507 e. The first-order valence-corrected chi connectivity index (χ1v) is 11.8. The van der Waals surface area contributed by atoms with Crippen LogP contribution in [-0.4, -0.2) is 60.9 Å². The summed E-state index contributed by atoms with van der Waals surface area (Å²) in [5, 5.41) is 11.2. The molecule has 0 aromatic heterocycles. The number of amides is 1. The highest BCUT2D eigenvalue weighted by atomic mass is 79.9. The Morgan fingerprint density at radius 1 is 1.15 bits per heavy atom. The van der Waals surface area contributed by atoms with Crippen molar-refractivity contribution in [3.63, 3.8) is 0 Å². The van der Waals surface area contributed by atoms with E-state index in [4.69, 9.17) is 4.74 Å². The number of aliphatic hydroxyl groups is 1. The van der Waals surface area contributed by atoms with Crippen LogP contribution in [0.5, 0.6) is 5.75 Å². The van der Waals surface area contributed by atoms with Gasteiger partial charge in [0.1, 0.15) is 11.5 Å². The van der Waals surface area contributed by atoms with Crippen molar-refractivity contribution >= 4 is 33.4 Å². The normalized spacial score (nSPS) is 17.9. The van der Waals surface area contributed by atoms with Crippen LogP contribution in [0.3, 0.4) is 0 Å². The highest BCUT2D eigenvalue weighted by Gasteiger charge is 2.45. The van der Waals surface area contributed by atoms with Crippen molar-refractivity contribution in [1.29, 1.82) is 0 Å². The molecule has 6 nitrogen and oxygen atoms in total. The Balaban J connectivity index is 2.10. The number of halogens is 1. The first kappa shape index (κ1) is 25.0. The van der Waals surface area contributed by atoms with Gasteiger partial charge in [-0.1, -0.05) is 38.1 Å². The molecule has 1 amide bonds. The van der Waals surface area contributed by atoms with Crippen LogP contribution in [-0.2, 0) is 9.59 Å². The Morgan fingerprint density at radius 2 is 1.82 bits per heavy atom. The zero-order valence-electron chi connectivity index (χ0n) is 19.8. The Hall–Kier alpha value is -2.64. The van der Waals surface area contributed by atoms with Crippen LogP contribution in [0.4, 0.5) is 0 Å². The summed E-state index contributed by atoms with van der Waals surface area (Å²) in [4.78, 5) is 29.8. The molecule has 1 aliphatic heterocycles. The monoisotopic (exact) mass is 514 g/mol. The average Bonchev–Trinajstić information content (AvgIpc) is 3.03. The second kappa shape index (κ2) is 10.5. The lowest BCUT2D eigenvalue weighted by Crippen LogP contribution is -2.32. The van der Waals surface area contributed by atoms with Crippen molar-refractivity contribution in [1.82, 2.24) is 9.80 Å². The van der Waals surface area contributed by atoms with Gasteiger partial charge in [-0.3, -0.25) is 9.59 Å². The SMILES string of the molecule is COc1ccc(/C(O)=C2/C(=O)C(=O)N(CCCN(C)C)C2c2ccc(C(C)C)cc2)cc1Br. The molecule has 7 heteroatoms. The molecule has 0 radical (unpaired) electrons. The summed E-state index contributed by atoms with van der Waals surface area (Å²) in [6, 6.07) is 12.4. The van der Waals surface area contributed by atoms with Crippen LogP contribution in [0, 0.1) is 0 Å². The highest BCUT2D eigenvalue weighted by Crippen LogP contribution is 2.40. The van der Waals surface area contributed by atoms with E-state index in [-0.39, 0.29) is 11.3 Å². The van der Waals surface area contributed by atoms with Crippen LogP contribution in [0.25, 0.3) is 5.76 Å². The van der Waals surface area contributed by atoms with Gasteiger partial charge in [-0.2, -0.15) is 0 Å². The van der Waals surface area contributed by atoms with E-state index in [9.17, 15) is 14.7 Å². The quantitative estimate of drug-likeness (QED) is 0.306. The summed E-state index contributed by atoms with van der Waals surface area (Å²) >= 11 is 3.43. The predicted molar refractivity (Wildman–Crippen MR) is 133 cm³/mol. The summed E-state index contributed by atoms with van der Waals surface area (Å²) in [5.41, 5.74) is 2.52. The molecule has 2 aromatic carbocycles. The average molecular weight is 515 g/mol. The van der Waals surface area contributed by atoms with Gasteiger partial charge in [-0.15, -0.1) is 0 Å². The topological polar surface area (TPSA) is 70.1 Å². The third-order valence-electron chi connectivity index (χ3n) is 5.89. The molecular formula is C26H31BrN2O4. The lowest BCUT2D eigenvalue weighted by molar-refractivity contribution is -0.139. The van der Waals surface area contributed by atoms with E-state index in [0.717, 1.165) is 12.1 Å². The second-order valence-corrected chi connectivity index (χ2v) is 9.67. The number of ether oxygens (including phenoxy) is 1. The predicted octanol–water partition coefficient (Wildman–Crippen LogP) is 4.95. The lowest BCUT2D eigenvalue weighted by atomic mass is 9.93. The van der Waals surface area contributed by atoms with Crippen LogP contribution in [0.2, 0.25) is 0 Å². The zero-order chi connectivity index (χ0) is 24.3. The molecule has 1 N–H and O–H groups in total. The number of likely N-dealkylation sites (tertiary alicyclic amines) is 1. The van der Waals surface area contributed by atoms with Gasteiger partial charge in [0, 0.05) is 12.1 Å². The molecule has 1 unspecified atom stereocenters.